The number of nitrogens with one attached hydrogen (secondary N) is 1. The average molecular weight is 721 g/mol. The number of amides is 3. The molecule has 1 unspecified atom stereocenters. The lowest BCUT2D eigenvalue weighted by molar-refractivity contribution is -0.149. The Morgan fingerprint density at radius 1 is 1.04 bits per heavy atom. The number of nitrogens with zero attached hydrogens (tertiary/aromatic N) is 3. The SMILES string of the molecule is CN(C1COC1)[C@H]1CCC(NC(=O)c2cc3cc(CP(=O)(O)O)ccc3s2)C(=O)N2[C@H](CC[C@H]2C(=O)N2C[C@H](c3ccccc3)CC23CC3)C1. The van der Waals surface area contributed by atoms with Crippen LogP contribution in [0.2, 0.25) is 0 Å². The third-order valence-corrected chi connectivity index (χ3v) is 13.8. The van der Waals surface area contributed by atoms with Gasteiger partial charge in [-0.05, 0) is 93.1 Å². The maximum atomic E-state index is 14.6. The minimum absolute atomic E-state index is 0.0512. The molecule has 0 bridgehead atoms. The van der Waals surface area contributed by atoms with E-state index in [2.05, 4.69) is 46.4 Å². The van der Waals surface area contributed by atoms with E-state index >= 15 is 0 Å². The van der Waals surface area contributed by atoms with Crippen LogP contribution in [0.15, 0.2) is 54.6 Å². The van der Waals surface area contributed by atoms with Crippen molar-refractivity contribution in [2.24, 2.45) is 0 Å². The number of rotatable bonds is 8. The van der Waals surface area contributed by atoms with Gasteiger partial charge in [0.05, 0.1) is 30.3 Å². The maximum Gasteiger partial charge on any atom is 0.329 e. The van der Waals surface area contributed by atoms with Crippen molar-refractivity contribution in [2.75, 3.05) is 26.8 Å². The number of fused-ring (bicyclic) bond motifs is 2. The number of thiophene rings is 1. The number of carbonyl (C=O) groups excluding carboxylic acids is 3. The molecule has 266 valence electrons. The van der Waals surface area contributed by atoms with Crippen molar-refractivity contribution >= 4 is 46.7 Å². The Morgan fingerprint density at radius 3 is 2.52 bits per heavy atom. The Bertz CT molecular complexity index is 1840. The summed E-state index contributed by atoms with van der Waals surface area (Å²) in [5, 5.41) is 3.79. The van der Waals surface area contributed by atoms with E-state index in [-0.39, 0.29) is 47.4 Å². The second-order valence-electron chi connectivity index (χ2n) is 15.1. The molecule has 1 spiro atoms. The zero-order chi connectivity index (χ0) is 34.8. The molecule has 4 saturated heterocycles. The first-order valence-electron chi connectivity index (χ1n) is 17.8. The fraction of sp³-hybridized carbons (Fsp3) is 0.541. The molecule has 50 heavy (non-hydrogen) atoms. The maximum absolute atomic E-state index is 14.6. The molecule has 1 aliphatic carbocycles. The van der Waals surface area contributed by atoms with Gasteiger partial charge < -0.3 is 29.6 Å². The van der Waals surface area contributed by atoms with E-state index < -0.39 is 19.7 Å². The van der Waals surface area contributed by atoms with Gasteiger partial charge in [0.1, 0.15) is 12.1 Å². The summed E-state index contributed by atoms with van der Waals surface area (Å²) in [4.78, 5) is 68.6. The van der Waals surface area contributed by atoms with Crippen molar-refractivity contribution in [3.8, 4) is 0 Å². The lowest BCUT2D eigenvalue weighted by atomic mass is 9.92. The zero-order valence-electron chi connectivity index (χ0n) is 28.3. The molecule has 3 aromatic rings. The van der Waals surface area contributed by atoms with E-state index in [1.807, 2.05) is 11.0 Å². The Labute approximate surface area is 296 Å². The van der Waals surface area contributed by atoms with Crippen LogP contribution < -0.4 is 5.32 Å². The molecule has 5 atom stereocenters. The highest BCUT2D eigenvalue weighted by molar-refractivity contribution is 7.50. The summed E-state index contributed by atoms with van der Waals surface area (Å²) < 4.78 is 17.9. The van der Waals surface area contributed by atoms with Gasteiger partial charge in [0.25, 0.3) is 5.91 Å². The van der Waals surface area contributed by atoms with Crippen molar-refractivity contribution < 1.29 is 33.5 Å². The van der Waals surface area contributed by atoms with Crippen molar-refractivity contribution in [2.45, 2.75) is 99.2 Å². The first kappa shape index (κ1) is 34.0. The number of likely N-dealkylation sites (N-methyl/N-ethyl adjacent to an activating group) is 1. The predicted molar refractivity (Wildman–Crippen MR) is 190 cm³/mol. The molecule has 5 heterocycles. The summed E-state index contributed by atoms with van der Waals surface area (Å²) in [5.41, 5.74) is 1.64. The summed E-state index contributed by atoms with van der Waals surface area (Å²) in [7, 11) is -2.11. The lowest BCUT2D eigenvalue weighted by Gasteiger charge is -2.44. The third kappa shape index (κ3) is 6.55. The Hall–Kier alpha value is -3.12. The van der Waals surface area contributed by atoms with Gasteiger partial charge in [-0.25, -0.2) is 0 Å². The summed E-state index contributed by atoms with van der Waals surface area (Å²) >= 11 is 1.28. The Kier molecular flexibility index (Phi) is 8.93. The summed E-state index contributed by atoms with van der Waals surface area (Å²) in [6.07, 6.45) is 5.93. The quantitative estimate of drug-likeness (QED) is 0.290. The van der Waals surface area contributed by atoms with Gasteiger partial charge in [0.2, 0.25) is 11.8 Å². The molecule has 2 aromatic carbocycles. The van der Waals surface area contributed by atoms with Gasteiger partial charge in [-0.3, -0.25) is 23.8 Å². The predicted octanol–water partition coefficient (Wildman–Crippen LogP) is 4.47. The van der Waals surface area contributed by atoms with Crippen LogP contribution in [-0.2, 0) is 25.1 Å². The fourth-order valence-corrected chi connectivity index (χ4v) is 10.6. The molecule has 13 heteroatoms. The van der Waals surface area contributed by atoms with Crippen LogP contribution in [0.3, 0.4) is 0 Å². The monoisotopic (exact) mass is 720 g/mol. The van der Waals surface area contributed by atoms with Gasteiger partial charge in [-0.1, -0.05) is 36.4 Å². The molecule has 8 rings (SSSR count). The van der Waals surface area contributed by atoms with E-state index in [1.54, 1.807) is 24.3 Å². The summed E-state index contributed by atoms with van der Waals surface area (Å²) in [5.74, 6) is -0.206. The van der Waals surface area contributed by atoms with Crippen LogP contribution in [0, 0.1) is 0 Å². The van der Waals surface area contributed by atoms with Gasteiger partial charge >= 0.3 is 7.60 Å². The minimum atomic E-state index is -4.24. The number of likely N-dealkylation sites (tertiary alicyclic amines) is 1. The molecular weight excluding hydrogens is 675 g/mol. The highest BCUT2D eigenvalue weighted by atomic mass is 32.1. The first-order chi connectivity index (χ1) is 24.0. The van der Waals surface area contributed by atoms with Gasteiger partial charge in [-0.2, -0.15) is 0 Å². The number of benzene rings is 2. The van der Waals surface area contributed by atoms with Crippen molar-refractivity contribution in [3.63, 3.8) is 0 Å². The second kappa shape index (κ2) is 13.1. The molecule has 3 N–H and O–H groups in total. The Balaban J connectivity index is 1.05. The van der Waals surface area contributed by atoms with Crippen LogP contribution in [0.25, 0.3) is 10.1 Å². The highest BCUT2D eigenvalue weighted by Gasteiger charge is 2.58. The molecule has 0 radical (unpaired) electrons. The van der Waals surface area contributed by atoms with E-state index in [0.717, 1.165) is 48.6 Å². The van der Waals surface area contributed by atoms with Crippen molar-refractivity contribution in [3.05, 3.63) is 70.6 Å². The molecule has 5 aliphatic rings. The number of ether oxygens (including phenoxy) is 1. The number of hydrogen-bond acceptors (Lipinski definition) is 7. The fourth-order valence-electron chi connectivity index (χ4n) is 8.93. The summed E-state index contributed by atoms with van der Waals surface area (Å²) in [6.45, 7) is 2.03. The molecule has 5 fully saturated rings. The molecule has 1 saturated carbocycles. The van der Waals surface area contributed by atoms with Crippen LogP contribution in [0.5, 0.6) is 0 Å². The topological polar surface area (TPSA) is 140 Å². The van der Waals surface area contributed by atoms with Gasteiger partial charge in [0, 0.05) is 34.8 Å². The number of carbonyl (C=O) groups is 3. The van der Waals surface area contributed by atoms with E-state index in [4.69, 9.17) is 4.74 Å². The van der Waals surface area contributed by atoms with Crippen LogP contribution in [-0.4, -0.2) is 105 Å². The first-order valence-corrected chi connectivity index (χ1v) is 20.5. The number of hydrogen-bond donors (Lipinski definition) is 3. The van der Waals surface area contributed by atoms with Gasteiger partial charge in [0.15, 0.2) is 0 Å². The molecule has 1 aromatic heterocycles. The van der Waals surface area contributed by atoms with Crippen LogP contribution in [0.4, 0.5) is 0 Å². The van der Waals surface area contributed by atoms with E-state index in [1.165, 1.54) is 16.9 Å². The van der Waals surface area contributed by atoms with E-state index in [9.17, 15) is 28.7 Å². The molecule has 4 aliphatic heterocycles. The normalized spacial score (nSPS) is 28.1. The third-order valence-electron chi connectivity index (χ3n) is 11.9. The molecular formula is C37H45N4O7PS. The van der Waals surface area contributed by atoms with Crippen molar-refractivity contribution in [1.82, 2.24) is 20.0 Å². The average Bonchev–Trinajstić information content (AvgIpc) is 3.36. The summed E-state index contributed by atoms with van der Waals surface area (Å²) in [6, 6.07) is 16.4. The minimum Gasteiger partial charge on any atom is -0.378 e. The van der Waals surface area contributed by atoms with Gasteiger partial charge in [-0.15, -0.1) is 11.3 Å². The molecule has 11 nitrogen and oxygen atoms in total. The largest absolute Gasteiger partial charge is 0.378 e. The highest BCUT2D eigenvalue weighted by Crippen LogP contribution is 2.54. The second-order valence-corrected chi connectivity index (χ2v) is 17.9. The van der Waals surface area contributed by atoms with E-state index in [0.29, 0.717) is 49.1 Å². The standard InChI is InChI=1S/C37H45N4O7PS/c1-39(29-20-48-21-29)27-8-10-30(38-34(42)33-16-25-15-23(22-49(45,46)47)7-12-32(25)50-33)35(43)41-28(17-27)9-11-31(41)36(44)40-19-26(18-37(40)13-14-37)24-5-3-2-4-6-24/h2-7,12,15-16,26-31H,8-11,13-14,17-22H2,1H3,(H,38,42)(H2,45,46,47)/t26-,27+,28-,30?,31+/m1/s1. The Morgan fingerprint density at radius 2 is 1.82 bits per heavy atom. The lowest BCUT2D eigenvalue weighted by Crippen LogP contribution is -2.60. The zero-order valence-corrected chi connectivity index (χ0v) is 30.0. The molecule has 3 amide bonds. The smallest absolute Gasteiger partial charge is 0.329 e. The van der Waals surface area contributed by atoms with Crippen LogP contribution >= 0.6 is 18.9 Å². The van der Waals surface area contributed by atoms with Crippen molar-refractivity contribution in [1.29, 1.82) is 0 Å². The van der Waals surface area contributed by atoms with Crippen LogP contribution in [0.1, 0.15) is 78.1 Å².